The topological polar surface area (TPSA) is 74.2 Å². The number of aromatic nitrogens is 5. The van der Waals surface area contributed by atoms with Crippen LogP contribution in [0.15, 0.2) is 87.7 Å². The van der Waals surface area contributed by atoms with Gasteiger partial charge in [-0.15, -0.1) is 0 Å². The predicted octanol–water partition coefficient (Wildman–Crippen LogP) is 6.37. The summed E-state index contributed by atoms with van der Waals surface area (Å²) in [6.07, 6.45) is 1.50. The van der Waals surface area contributed by atoms with E-state index in [1.54, 1.807) is 28.8 Å². The van der Waals surface area contributed by atoms with Gasteiger partial charge in [-0.05, 0) is 55.0 Å². The van der Waals surface area contributed by atoms with Crippen LogP contribution in [0.5, 0.6) is 0 Å². The number of halogens is 2. The van der Waals surface area contributed by atoms with Crippen LogP contribution in [0.2, 0.25) is 5.02 Å². The summed E-state index contributed by atoms with van der Waals surface area (Å²) in [5.74, 6) is -0.362. The van der Waals surface area contributed by atoms with Crippen molar-refractivity contribution < 1.29 is 4.39 Å². The lowest BCUT2D eigenvalue weighted by molar-refractivity contribution is 0.608. The van der Waals surface area contributed by atoms with Crippen molar-refractivity contribution in [2.75, 3.05) is 0 Å². The van der Waals surface area contributed by atoms with E-state index in [9.17, 15) is 14.0 Å². The van der Waals surface area contributed by atoms with Crippen molar-refractivity contribution in [2.45, 2.75) is 17.8 Å². The van der Waals surface area contributed by atoms with Crippen molar-refractivity contribution in [3.05, 3.63) is 120 Å². The molecule has 2 aromatic carbocycles. The molecule has 4 heterocycles. The monoisotopic (exact) mass is 593 g/mol. The Balaban J connectivity index is 1.54. The van der Waals surface area contributed by atoms with Crippen molar-refractivity contribution >= 4 is 62.9 Å². The van der Waals surface area contributed by atoms with E-state index in [1.807, 2.05) is 31.2 Å². The number of hydrogen-bond acceptors (Lipinski definition) is 7. The maximum Gasteiger partial charge on any atom is 0.278 e. The molecule has 0 aliphatic heterocycles. The number of thiazole rings is 1. The average Bonchev–Trinajstić information content (AvgIpc) is 3.25. The van der Waals surface area contributed by atoms with E-state index in [0.717, 1.165) is 22.6 Å². The van der Waals surface area contributed by atoms with Gasteiger partial charge in [-0.2, -0.15) is 0 Å². The minimum atomic E-state index is -0.566. The van der Waals surface area contributed by atoms with Gasteiger partial charge in [-0.25, -0.2) is 14.4 Å². The van der Waals surface area contributed by atoms with Gasteiger partial charge < -0.3 is 0 Å². The number of fused-ring (bicyclic) bond motifs is 2. The number of nitrogens with zero attached hydrogens (tertiary/aromatic N) is 5. The van der Waals surface area contributed by atoms with Crippen LogP contribution >= 0.6 is 46.9 Å². The minimum Gasteiger partial charge on any atom is -0.275 e. The number of para-hydroxylation sites is 2. The smallest absolute Gasteiger partial charge is 0.275 e. The zero-order valence-corrected chi connectivity index (χ0v) is 23.4. The molecule has 7 nitrogen and oxygen atoms in total. The van der Waals surface area contributed by atoms with Crippen molar-refractivity contribution in [3.63, 3.8) is 0 Å². The maximum absolute atomic E-state index is 15.0. The Labute approximate surface area is 238 Å². The third-order valence-corrected chi connectivity index (χ3v) is 8.60. The fourth-order valence-corrected chi connectivity index (χ4v) is 6.58. The second kappa shape index (κ2) is 10.2. The molecule has 194 valence electrons. The Hall–Kier alpha value is -3.64. The fourth-order valence-electron chi connectivity index (χ4n) is 4.24. The van der Waals surface area contributed by atoms with E-state index in [2.05, 4.69) is 4.98 Å². The highest BCUT2D eigenvalue weighted by atomic mass is 35.5. The average molecular weight is 594 g/mol. The molecule has 39 heavy (non-hydrogen) atoms. The third-order valence-electron chi connectivity index (χ3n) is 6.05. The first-order valence-electron chi connectivity index (χ1n) is 11.6. The Morgan fingerprint density at radius 3 is 2.51 bits per heavy atom. The summed E-state index contributed by atoms with van der Waals surface area (Å²) in [5, 5.41) is 0.657. The maximum atomic E-state index is 15.0. The Bertz CT molecular complexity index is 2100. The zero-order valence-electron chi connectivity index (χ0n) is 20.2. The number of thioether (sulfide) groups is 1. The van der Waals surface area contributed by atoms with Crippen LogP contribution in [0, 0.1) is 16.7 Å². The molecule has 0 atom stereocenters. The van der Waals surface area contributed by atoms with Crippen molar-refractivity contribution in [1.29, 1.82) is 0 Å². The van der Waals surface area contributed by atoms with Crippen LogP contribution in [-0.2, 0) is 5.75 Å². The molecule has 6 aromatic rings. The van der Waals surface area contributed by atoms with Crippen LogP contribution in [-0.4, -0.2) is 23.5 Å². The molecule has 0 bridgehead atoms. The highest BCUT2D eigenvalue weighted by Crippen LogP contribution is 2.30. The summed E-state index contributed by atoms with van der Waals surface area (Å²) in [7, 11) is 0. The number of hydrogen-bond donors (Lipinski definition) is 0. The van der Waals surface area contributed by atoms with Crippen LogP contribution in [0.3, 0.4) is 0 Å². The van der Waals surface area contributed by atoms with Gasteiger partial charge in [0, 0.05) is 18.0 Å². The highest BCUT2D eigenvalue weighted by Gasteiger charge is 2.21. The van der Waals surface area contributed by atoms with E-state index >= 15 is 0 Å². The van der Waals surface area contributed by atoms with Gasteiger partial charge >= 0.3 is 0 Å². The molecule has 0 radical (unpaired) electrons. The first-order valence-corrected chi connectivity index (χ1v) is 14.2. The van der Waals surface area contributed by atoms with Crippen molar-refractivity contribution in [2.24, 2.45) is 0 Å². The predicted molar refractivity (Wildman–Crippen MR) is 156 cm³/mol. The number of rotatable bonds is 5. The van der Waals surface area contributed by atoms with E-state index in [0.29, 0.717) is 30.7 Å². The molecule has 6 rings (SSSR count). The molecule has 0 N–H and O–H groups in total. The lowest BCUT2D eigenvalue weighted by atomic mass is 10.2. The standard InChI is InChI=1S/C27H17ClFN5O2S3/c1-15-6-2-4-8-19(15)33-24-23(39-27(33)37)25(36)34(20-9-5-3-7-18(20)29)26(31-24)38-14-17-12-22(35)32-13-16(28)10-11-21(32)30-17/h2-13H,14H2,1H3. The number of pyridine rings is 1. The molecular formula is C27H17ClFN5O2S3. The van der Waals surface area contributed by atoms with Gasteiger partial charge in [-0.1, -0.05) is 65.0 Å². The van der Waals surface area contributed by atoms with Crippen LogP contribution in [0.4, 0.5) is 4.39 Å². The van der Waals surface area contributed by atoms with Gasteiger partial charge in [0.15, 0.2) is 14.8 Å². The molecule has 0 fully saturated rings. The summed E-state index contributed by atoms with van der Waals surface area (Å²) < 4.78 is 20.1. The quantitative estimate of drug-likeness (QED) is 0.131. The molecule has 0 amide bonds. The Morgan fingerprint density at radius 1 is 1.00 bits per heavy atom. The summed E-state index contributed by atoms with van der Waals surface area (Å²) in [6, 6.07) is 18.4. The van der Waals surface area contributed by atoms with Crippen LogP contribution in [0.25, 0.3) is 27.4 Å². The molecule has 0 spiro atoms. The summed E-state index contributed by atoms with van der Waals surface area (Å²) in [6.45, 7) is 1.95. The Kier molecular flexibility index (Phi) is 6.67. The van der Waals surface area contributed by atoms with Gasteiger partial charge in [0.2, 0.25) is 0 Å². The molecule has 0 aliphatic carbocycles. The van der Waals surface area contributed by atoms with Gasteiger partial charge in [0.05, 0.1) is 22.1 Å². The van der Waals surface area contributed by atoms with Crippen LogP contribution in [0.1, 0.15) is 11.3 Å². The summed E-state index contributed by atoms with van der Waals surface area (Å²) in [5.41, 5.74) is 2.41. The molecular weight excluding hydrogens is 577 g/mol. The number of aryl methyl sites for hydroxylation is 1. The lowest BCUT2D eigenvalue weighted by Crippen LogP contribution is -2.22. The summed E-state index contributed by atoms with van der Waals surface area (Å²) in [4.78, 5) is 35.9. The van der Waals surface area contributed by atoms with Crippen molar-refractivity contribution in [1.82, 2.24) is 23.5 Å². The van der Waals surface area contributed by atoms with Gasteiger partial charge in [-0.3, -0.25) is 23.1 Å². The van der Waals surface area contributed by atoms with Crippen LogP contribution < -0.4 is 11.1 Å². The molecule has 0 aliphatic rings. The fraction of sp³-hybridized carbons (Fsp3) is 0.0741. The lowest BCUT2D eigenvalue weighted by Gasteiger charge is -2.14. The number of benzene rings is 2. The second-order valence-corrected chi connectivity index (χ2v) is 11.6. The van der Waals surface area contributed by atoms with E-state index in [1.165, 1.54) is 45.1 Å². The van der Waals surface area contributed by atoms with Gasteiger partial charge in [0.1, 0.15) is 16.2 Å². The molecule has 0 saturated carbocycles. The molecule has 12 heteroatoms. The Morgan fingerprint density at radius 2 is 1.74 bits per heavy atom. The normalized spacial score (nSPS) is 11.5. The first kappa shape index (κ1) is 25.6. The third kappa shape index (κ3) is 4.61. The van der Waals surface area contributed by atoms with E-state index < -0.39 is 11.4 Å². The molecule has 0 unspecified atom stereocenters. The van der Waals surface area contributed by atoms with Crippen molar-refractivity contribution in [3.8, 4) is 11.4 Å². The first-order chi connectivity index (χ1) is 18.8. The van der Waals surface area contributed by atoms with E-state index in [-0.39, 0.29) is 22.2 Å². The highest BCUT2D eigenvalue weighted by molar-refractivity contribution is 7.98. The summed E-state index contributed by atoms with van der Waals surface area (Å²) >= 11 is 14.0. The SMILES string of the molecule is Cc1ccccc1-n1c(=S)sc2c(=O)n(-c3ccccc3F)c(SCc3cc(=O)n4cc(Cl)ccc4n3)nc21. The zero-order chi connectivity index (χ0) is 27.3. The minimum absolute atomic E-state index is 0.0716. The molecule has 4 aromatic heterocycles. The van der Waals surface area contributed by atoms with Gasteiger partial charge in [0.25, 0.3) is 11.1 Å². The van der Waals surface area contributed by atoms with E-state index in [4.69, 9.17) is 28.8 Å². The second-order valence-electron chi connectivity index (χ2n) is 8.58. The largest absolute Gasteiger partial charge is 0.278 e. The molecule has 0 saturated heterocycles.